The molecular weight excluding hydrogens is 523 g/mol. The Morgan fingerprint density at radius 1 is 1.08 bits per heavy atom. The van der Waals surface area contributed by atoms with Crippen LogP contribution in [0.1, 0.15) is 30.4 Å². The molecule has 200 valence electrons. The van der Waals surface area contributed by atoms with Gasteiger partial charge in [-0.15, -0.1) is 0 Å². The van der Waals surface area contributed by atoms with Crippen molar-refractivity contribution in [2.24, 2.45) is 5.16 Å². The molecule has 1 N–H and O–H groups in total. The van der Waals surface area contributed by atoms with Crippen LogP contribution in [0.15, 0.2) is 65.8 Å². The second kappa shape index (κ2) is 13.1. The first kappa shape index (κ1) is 27.9. The van der Waals surface area contributed by atoms with Crippen LogP contribution in [0.2, 0.25) is 10.0 Å². The van der Waals surface area contributed by atoms with Crippen molar-refractivity contribution in [3.8, 4) is 0 Å². The predicted octanol–water partition coefficient (Wildman–Crippen LogP) is 5.28. The number of fused-ring (bicyclic) bond motifs is 1. The number of benzene rings is 3. The van der Waals surface area contributed by atoms with E-state index in [1.54, 1.807) is 17.0 Å². The summed E-state index contributed by atoms with van der Waals surface area (Å²) in [5.41, 5.74) is 2.50. The lowest BCUT2D eigenvalue weighted by molar-refractivity contribution is -0.138. The first-order valence-corrected chi connectivity index (χ1v) is 13.4. The number of carbonyl (C=O) groups is 2. The molecule has 1 aliphatic rings. The van der Waals surface area contributed by atoms with E-state index in [1.165, 1.54) is 0 Å². The van der Waals surface area contributed by atoms with Gasteiger partial charge in [-0.25, -0.2) is 0 Å². The van der Waals surface area contributed by atoms with Gasteiger partial charge in [-0.1, -0.05) is 76.9 Å². The second-order valence-electron chi connectivity index (χ2n) is 9.68. The van der Waals surface area contributed by atoms with E-state index < -0.39 is 6.04 Å². The minimum absolute atomic E-state index is 0.0631. The molecular formula is C29H32Cl2N4O3. The van der Waals surface area contributed by atoms with Crippen LogP contribution in [0.5, 0.6) is 0 Å². The van der Waals surface area contributed by atoms with Gasteiger partial charge >= 0.3 is 0 Å². The van der Waals surface area contributed by atoms with Crippen molar-refractivity contribution in [1.29, 1.82) is 0 Å². The number of halogens is 2. The first-order valence-electron chi connectivity index (χ1n) is 12.6. The van der Waals surface area contributed by atoms with Crippen molar-refractivity contribution in [1.82, 2.24) is 15.1 Å². The van der Waals surface area contributed by atoms with E-state index in [4.69, 9.17) is 28.0 Å². The average molecular weight is 556 g/mol. The molecule has 38 heavy (non-hydrogen) atoms. The highest BCUT2D eigenvalue weighted by Crippen LogP contribution is 2.24. The van der Waals surface area contributed by atoms with E-state index in [1.807, 2.05) is 67.5 Å². The van der Waals surface area contributed by atoms with Crippen LogP contribution in [0.3, 0.4) is 0 Å². The molecule has 4 rings (SSSR count). The van der Waals surface area contributed by atoms with Gasteiger partial charge in [0.2, 0.25) is 11.8 Å². The van der Waals surface area contributed by atoms with Gasteiger partial charge in [0, 0.05) is 19.4 Å². The summed E-state index contributed by atoms with van der Waals surface area (Å²) in [6.45, 7) is 1.63. The molecule has 1 aliphatic heterocycles. The zero-order valence-electron chi connectivity index (χ0n) is 21.6. The summed E-state index contributed by atoms with van der Waals surface area (Å²) in [5, 5.41) is 10.4. The molecule has 2 amide bonds. The maximum absolute atomic E-state index is 13.3. The fraction of sp³-hybridized carbons (Fsp3) is 0.345. The summed E-state index contributed by atoms with van der Waals surface area (Å²) in [5.74, 6) is -0.263. The number of amides is 2. The summed E-state index contributed by atoms with van der Waals surface area (Å²) < 4.78 is 0. The Balaban J connectivity index is 1.43. The zero-order valence-corrected chi connectivity index (χ0v) is 23.1. The fourth-order valence-electron chi connectivity index (χ4n) is 4.53. The molecule has 3 aromatic rings. The van der Waals surface area contributed by atoms with Crippen LogP contribution in [0, 0.1) is 0 Å². The van der Waals surface area contributed by atoms with E-state index in [9.17, 15) is 9.59 Å². The highest BCUT2D eigenvalue weighted by molar-refractivity contribution is 6.42. The molecule has 9 heteroatoms. The molecule has 7 nitrogen and oxygen atoms in total. The Kier molecular flexibility index (Phi) is 9.61. The lowest BCUT2D eigenvalue weighted by Crippen LogP contribution is -2.45. The fourth-order valence-corrected chi connectivity index (χ4v) is 4.85. The number of carbonyl (C=O) groups excluding carboxylic acids is 2. The molecule has 0 aliphatic carbocycles. The van der Waals surface area contributed by atoms with Gasteiger partial charge in [-0.2, -0.15) is 0 Å². The van der Waals surface area contributed by atoms with Gasteiger partial charge < -0.3 is 20.0 Å². The third-order valence-electron chi connectivity index (χ3n) is 6.52. The molecule has 0 bridgehead atoms. The van der Waals surface area contributed by atoms with Crippen LogP contribution in [0.25, 0.3) is 10.8 Å². The highest BCUT2D eigenvalue weighted by Gasteiger charge is 2.37. The highest BCUT2D eigenvalue weighted by atomic mass is 35.5. The molecule has 1 saturated heterocycles. The normalized spacial score (nSPS) is 16.4. The van der Waals surface area contributed by atoms with E-state index >= 15 is 0 Å². The van der Waals surface area contributed by atoms with Crippen molar-refractivity contribution < 1.29 is 14.4 Å². The smallest absolute Gasteiger partial charge is 0.243 e. The van der Waals surface area contributed by atoms with Crippen molar-refractivity contribution in [2.75, 3.05) is 27.2 Å². The van der Waals surface area contributed by atoms with Crippen molar-refractivity contribution in [3.63, 3.8) is 0 Å². The zero-order chi connectivity index (χ0) is 27.1. The molecule has 0 radical (unpaired) electrons. The molecule has 3 aromatic carbocycles. The molecule has 0 spiro atoms. The Morgan fingerprint density at radius 3 is 2.66 bits per heavy atom. The molecule has 1 fully saturated rings. The Bertz CT molecular complexity index is 1320. The van der Waals surface area contributed by atoms with Crippen LogP contribution in [-0.4, -0.2) is 60.6 Å². The average Bonchev–Trinajstić information content (AvgIpc) is 3.33. The van der Waals surface area contributed by atoms with Gasteiger partial charge in [-0.05, 0) is 61.1 Å². The van der Waals surface area contributed by atoms with Crippen LogP contribution < -0.4 is 5.32 Å². The maximum atomic E-state index is 13.3. The van der Waals surface area contributed by atoms with Gasteiger partial charge in [0.1, 0.15) is 12.6 Å². The van der Waals surface area contributed by atoms with Crippen LogP contribution >= 0.6 is 23.2 Å². The summed E-state index contributed by atoms with van der Waals surface area (Å²) in [4.78, 5) is 35.6. The van der Waals surface area contributed by atoms with Crippen LogP contribution in [-0.2, 0) is 27.6 Å². The molecule has 1 heterocycles. The maximum Gasteiger partial charge on any atom is 0.243 e. The molecule has 0 aromatic heterocycles. The van der Waals surface area contributed by atoms with E-state index in [-0.39, 0.29) is 25.0 Å². The summed E-state index contributed by atoms with van der Waals surface area (Å²) >= 11 is 12.1. The van der Waals surface area contributed by atoms with Crippen molar-refractivity contribution in [3.05, 3.63) is 81.8 Å². The Morgan fingerprint density at radius 2 is 1.87 bits per heavy atom. The van der Waals surface area contributed by atoms with Crippen molar-refractivity contribution in [2.45, 2.75) is 38.5 Å². The molecule has 0 unspecified atom stereocenters. The number of hydrogen-bond donors (Lipinski definition) is 1. The number of rotatable bonds is 10. The van der Waals surface area contributed by atoms with E-state index in [0.717, 1.165) is 28.4 Å². The summed E-state index contributed by atoms with van der Waals surface area (Å²) in [6.07, 6.45) is 1.40. The van der Waals surface area contributed by atoms with Crippen molar-refractivity contribution >= 4 is 51.5 Å². The molecule has 1 atom stereocenters. The third kappa shape index (κ3) is 7.25. The lowest BCUT2D eigenvalue weighted by Gasteiger charge is -2.24. The number of likely N-dealkylation sites (tertiary alicyclic amines) is 1. The van der Waals surface area contributed by atoms with E-state index in [2.05, 4.69) is 10.5 Å². The summed E-state index contributed by atoms with van der Waals surface area (Å²) in [7, 11) is 3.94. The first-order chi connectivity index (χ1) is 18.3. The number of hydrogen-bond acceptors (Lipinski definition) is 5. The van der Waals surface area contributed by atoms with Gasteiger partial charge in [0.05, 0.1) is 22.3 Å². The lowest BCUT2D eigenvalue weighted by atomic mass is 10.0. The quantitative estimate of drug-likeness (QED) is 0.346. The van der Waals surface area contributed by atoms with Gasteiger partial charge in [0.25, 0.3) is 0 Å². The largest absolute Gasteiger partial charge is 0.391 e. The van der Waals surface area contributed by atoms with Gasteiger partial charge in [0.15, 0.2) is 0 Å². The Labute approximate surface area is 233 Å². The summed E-state index contributed by atoms with van der Waals surface area (Å²) in [6, 6.07) is 18.7. The topological polar surface area (TPSA) is 74.2 Å². The number of oxime groups is 1. The van der Waals surface area contributed by atoms with Crippen LogP contribution in [0.4, 0.5) is 0 Å². The predicted molar refractivity (Wildman–Crippen MR) is 152 cm³/mol. The second-order valence-corrected chi connectivity index (χ2v) is 10.5. The minimum atomic E-state index is -0.635. The Hall–Kier alpha value is -3.13. The number of nitrogens with one attached hydrogen (secondary N) is 1. The minimum Gasteiger partial charge on any atom is -0.391 e. The monoisotopic (exact) mass is 554 g/mol. The molecule has 0 saturated carbocycles. The number of nitrogens with zero attached hydrogens (tertiary/aromatic N) is 3. The van der Waals surface area contributed by atoms with E-state index in [0.29, 0.717) is 41.6 Å². The standard InChI is InChI=1S/C29H32Cl2N4O3/c1-34(2)14-6-11-28(36)35-18-23(33-38-19-20-12-13-25(30)26(31)15-20)16-27(35)29(37)32-17-22-9-5-8-21-7-3-4-10-24(21)22/h3-5,7-10,12-13,15,27H,6,11,14,16-19H2,1-2H3,(H,32,37)/t27-/m0/s1. The van der Waals surface area contributed by atoms with Gasteiger partial charge in [-0.3, -0.25) is 9.59 Å². The SMILES string of the molecule is CN(C)CCCC(=O)N1CC(=NOCc2ccc(Cl)c(Cl)c2)C[C@H]1C(=O)NCc1cccc2ccccc12. The third-order valence-corrected chi connectivity index (χ3v) is 7.26.